The highest BCUT2D eigenvalue weighted by atomic mass is 32.2. The second kappa shape index (κ2) is 7.31. The molecule has 0 saturated heterocycles. The molecule has 25 heavy (non-hydrogen) atoms. The van der Waals surface area contributed by atoms with Crippen molar-refractivity contribution in [3.05, 3.63) is 73.4 Å². The zero-order valence-corrected chi connectivity index (χ0v) is 14.3. The van der Waals surface area contributed by atoms with Crippen LogP contribution in [-0.4, -0.2) is 35.1 Å². The molecule has 0 aliphatic carbocycles. The maximum atomic E-state index is 4.42. The van der Waals surface area contributed by atoms with E-state index in [0.717, 1.165) is 34.7 Å². The molecule has 0 spiro atoms. The first-order valence-corrected chi connectivity index (χ1v) is 8.91. The van der Waals surface area contributed by atoms with E-state index in [1.54, 1.807) is 24.2 Å². The van der Waals surface area contributed by atoms with Gasteiger partial charge in [0.05, 0.1) is 6.33 Å². The van der Waals surface area contributed by atoms with Gasteiger partial charge in [0.25, 0.3) is 0 Å². The van der Waals surface area contributed by atoms with Gasteiger partial charge < -0.3 is 4.57 Å². The molecular weight excluding hydrogens is 332 g/mol. The van der Waals surface area contributed by atoms with Gasteiger partial charge in [0.15, 0.2) is 11.0 Å². The van der Waals surface area contributed by atoms with Crippen molar-refractivity contribution in [1.29, 1.82) is 0 Å². The number of imidazole rings is 1. The second-order valence-electron chi connectivity index (χ2n) is 5.34. The van der Waals surface area contributed by atoms with Crippen molar-refractivity contribution in [3.63, 3.8) is 0 Å². The van der Waals surface area contributed by atoms with E-state index in [0.29, 0.717) is 0 Å². The number of para-hydroxylation sites is 1. The molecule has 0 aliphatic rings. The molecule has 7 heteroatoms. The van der Waals surface area contributed by atoms with Crippen molar-refractivity contribution >= 4 is 11.8 Å². The molecule has 3 heterocycles. The monoisotopic (exact) mass is 348 g/mol. The van der Waals surface area contributed by atoms with Crippen LogP contribution in [0.25, 0.3) is 17.2 Å². The van der Waals surface area contributed by atoms with Gasteiger partial charge in [0, 0.05) is 36.6 Å². The van der Waals surface area contributed by atoms with Crippen LogP contribution in [0.2, 0.25) is 0 Å². The molecule has 1 aromatic carbocycles. The second-order valence-corrected chi connectivity index (χ2v) is 6.40. The Hall–Kier alpha value is -2.93. The molecule has 0 bridgehead atoms. The highest BCUT2D eigenvalue weighted by Gasteiger charge is 2.16. The fourth-order valence-electron chi connectivity index (χ4n) is 2.50. The van der Waals surface area contributed by atoms with E-state index in [1.807, 2.05) is 48.9 Å². The quantitative estimate of drug-likeness (QED) is 0.500. The minimum atomic E-state index is 0.747. The first-order valence-electron chi connectivity index (χ1n) is 7.92. The van der Waals surface area contributed by atoms with Gasteiger partial charge in [-0.25, -0.2) is 4.98 Å². The Bertz CT molecular complexity index is 919. The number of nitrogens with zero attached hydrogens (tertiary/aromatic N) is 6. The zero-order valence-electron chi connectivity index (χ0n) is 13.4. The number of thioether (sulfide) groups is 1. The minimum Gasteiger partial charge on any atom is -0.337 e. The molecule has 0 unspecified atom stereocenters. The topological polar surface area (TPSA) is 61.4 Å². The van der Waals surface area contributed by atoms with Gasteiger partial charge in [-0.1, -0.05) is 36.0 Å². The predicted molar refractivity (Wildman–Crippen MR) is 97.5 cm³/mol. The number of hydrogen-bond acceptors (Lipinski definition) is 5. The molecule has 0 N–H and O–H groups in total. The van der Waals surface area contributed by atoms with Crippen LogP contribution in [-0.2, 0) is 6.54 Å². The van der Waals surface area contributed by atoms with Crippen LogP contribution in [0.4, 0.5) is 0 Å². The van der Waals surface area contributed by atoms with Gasteiger partial charge >= 0.3 is 0 Å². The molecule has 0 saturated carbocycles. The van der Waals surface area contributed by atoms with Crippen LogP contribution >= 0.6 is 11.8 Å². The van der Waals surface area contributed by atoms with Crippen molar-refractivity contribution in [3.8, 4) is 17.2 Å². The van der Waals surface area contributed by atoms with Crippen LogP contribution < -0.4 is 0 Å². The fourth-order valence-corrected chi connectivity index (χ4v) is 3.40. The number of aromatic nitrogens is 6. The third kappa shape index (κ3) is 3.46. The minimum absolute atomic E-state index is 0.747. The Morgan fingerprint density at radius 2 is 1.80 bits per heavy atom. The standard InChI is InChI=1S/C18H16N6S/c1-2-6-15(7-3-1)24-17(16-8-4-5-9-20-16)21-22-18(24)25-13-12-23-11-10-19-14-23/h1-11,14H,12-13H2. The summed E-state index contributed by atoms with van der Waals surface area (Å²) in [5, 5.41) is 9.64. The lowest BCUT2D eigenvalue weighted by atomic mass is 10.3. The summed E-state index contributed by atoms with van der Waals surface area (Å²) in [7, 11) is 0. The first kappa shape index (κ1) is 15.6. The maximum Gasteiger partial charge on any atom is 0.196 e. The molecule has 3 aromatic heterocycles. The van der Waals surface area contributed by atoms with Crippen molar-refractivity contribution in [2.24, 2.45) is 0 Å². The summed E-state index contributed by atoms with van der Waals surface area (Å²) in [6, 6.07) is 15.9. The summed E-state index contributed by atoms with van der Waals surface area (Å²) in [6.45, 7) is 0.866. The number of aryl methyl sites for hydroxylation is 1. The molecule has 124 valence electrons. The third-order valence-electron chi connectivity index (χ3n) is 3.68. The van der Waals surface area contributed by atoms with Gasteiger partial charge in [-0.3, -0.25) is 9.55 Å². The van der Waals surface area contributed by atoms with Crippen LogP contribution in [0, 0.1) is 0 Å². The lowest BCUT2D eigenvalue weighted by molar-refractivity contribution is 0.767. The van der Waals surface area contributed by atoms with Gasteiger partial charge in [-0.05, 0) is 24.3 Å². The summed E-state index contributed by atoms with van der Waals surface area (Å²) >= 11 is 1.67. The smallest absolute Gasteiger partial charge is 0.196 e. The van der Waals surface area contributed by atoms with Crippen molar-refractivity contribution in [2.75, 3.05) is 5.75 Å². The summed E-state index contributed by atoms with van der Waals surface area (Å²) in [5.41, 5.74) is 1.83. The summed E-state index contributed by atoms with van der Waals surface area (Å²) in [4.78, 5) is 8.49. The number of pyridine rings is 1. The number of rotatable bonds is 6. The first-order chi connectivity index (χ1) is 12.4. The molecule has 4 rings (SSSR count). The largest absolute Gasteiger partial charge is 0.337 e. The summed E-state index contributed by atoms with van der Waals surface area (Å²) < 4.78 is 4.11. The summed E-state index contributed by atoms with van der Waals surface area (Å²) in [5.74, 6) is 1.63. The fraction of sp³-hybridized carbons (Fsp3) is 0.111. The van der Waals surface area contributed by atoms with E-state index in [1.165, 1.54) is 0 Å². The lowest BCUT2D eigenvalue weighted by Gasteiger charge is -2.10. The van der Waals surface area contributed by atoms with E-state index in [-0.39, 0.29) is 0 Å². The Kier molecular flexibility index (Phi) is 4.56. The maximum absolute atomic E-state index is 4.42. The number of hydrogen-bond donors (Lipinski definition) is 0. The molecule has 0 amide bonds. The SMILES string of the molecule is c1ccc(-n2c(SCCn3ccnc3)nnc2-c2ccccn2)cc1. The Morgan fingerprint density at radius 3 is 2.56 bits per heavy atom. The summed E-state index contributed by atoms with van der Waals surface area (Å²) in [6.07, 6.45) is 7.34. The van der Waals surface area contributed by atoms with E-state index < -0.39 is 0 Å². The molecule has 0 radical (unpaired) electrons. The van der Waals surface area contributed by atoms with E-state index in [2.05, 4.69) is 41.4 Å². The van der Waals surface area contributed by atoms with Gasteiger partial charge in [-0.2, -0.15) is 0 Å². The lowest BCUT2D eigenvalue weighted by Crippen LogP contribution is -2.02. The number of benzene rings is 1. The van der Waals surface area contributed by atoms with Crippen LogP contribution in [0.1, 0.15) is 0 Å². The van der Waals surface area contributed by atoms with Crippen molar-refractivity contribution < 1.29 is 0 Å². The van der Waals surface area contributed by atoms with Gasteiger partial charge in [-0.15, -0.1) is 10.2 Å². The van der Waals surface area contributed by atoms with Crippen LogP contribution in [0.3, 0.4) is 0 Å². The Balaban J connectivity index is 1.66. The van der Waals surface area contributed by atoms with Crippen LogP contribution in [0.5, 0.6) is 0 Å². The molecular formula is C18H16N6S. The van der Waals surface area contributed by atoms with E-state index in [9.17, 15) is 0 Å². The van der Waals surface area contributed by atoms with E-state index >= 15 is 0 Å². The van der Waals surface area contributed by atoms with Gasteiger partial charge in [0.2, 0.25) is 0 Å². The Morgan fingerprint density at radius 1 is 0.920 bits per heavy atom. The average Bonchev–Trinajstić information content (AvgIpc) is 3.33. The average molecular weight is 348 g/mol. The van der Waals surface area contributed by atoms with Gasteiger partial charge in [0.1, 0.15) is 5.69 Å². The Labute approximate surface area is 149 Å². The highest BCUT2D eigenvalue weighted by molar-refractivity contribution is 7.99. The molecule has 0 aliphatic heterocycles. The molecule has 6 nitrogen and oxygen atoms in total. The highest BCUT2D eigenvalue weighted by Crippen LogP contribution is 2.26. The molecule has 0 atom stereocenters. The normalized spacial score (nSPS) is 10.9. The molecule has 0 fully saturated rings. The predicted octanol–water partition coefficient (Wildman–Crippen LogP) is 3.32. The zero-order chi connectivity index (χ0) is 16.9. The van der Waals surface area contributed by atoms with Crippen LogP contribution in [0.15, 0.2) is 78.6 Å². The van der Waals surface area contributed by atoms with Crippen molar-refractivity contribution in [1.82, 2.24) is 29.3 Å². The third-order valence-corrected chi connectivity index (χ3v) is 4.59. The molecule has 4 aromatic rings. The van der Waals surface area contributed by atoms with Crippen molar-refractivity contribution in [2.45, 2.75) is 11.7 Å². The van der Waals surface area contributed by atoms with E-state index in [4.69, 9.17) is 0 Å².